The van der Waals surface area contributed by atoms with Crippen molar-refractivity contribution in [1.29, 1.82) is 0 Å². The molecular formula is C6H12ClN. The van der Waals surface area contributed by atoms with E-state index in [0.717, 1.165) is 13.1 Å². The van der Waals surface area contributed by atoms with Crippen LogP contribution >= 0.6 is 11.6 Å². The number of hydrogen-bond donors (Lipinski definition) is 0. The molecule has 0 N–H and O–H groups in total. The highest BCUT2D eigenvalue weighted by atomic mass is 35.5. The summed E-state index contributed by atoms with van der Waals surface area (Å²) in [4.78, 5) is 2.12. The third-order valence-electron chi connectivity index (χ3n) is 1.08. The molecule has 0 fully saturated rings. The van der Waals surface area contributed by atoms with Crippen molar-refractivity contribution in [3.05, 3.63) is 11.7 Å². The monoisotopic (exact) mass is 133 g/mol. The van der Waals surface area contributed by atoms with Crippen LogP contribution in [0.15, 0.2) is 11.7 Å². The highest BCUT2D eigenvalue weighted by Gasteiger charge is 1.85. The van der Waals surface area contributed by atoms with Crippen molar-refractivity contribution >= 4 is 11.6 Å². The topological polar surface area (TPSA) is 3.24 Å². The molecule has 8 heavy (non-hydrogen) atoms. The van der Waals surface area contributed by atoms with Crippen LogP contribution in [0.3, 0.4) is 0 Å². The predicted molar refractivity (Wildman–Crippen MR) is 37.9 cm³/mol. The van der Waals surface area contributed by atoms with Crippen molar-refractivity contribution in [2.75, 3.05) is 13.1 Å². The van der Waals surface area contributed by atoms with Crippen LogP contribution in [0.2, 0.25) is 0 Å². The van der Waals surface area contributed by atoms with E-state index in [1.807, 2.05) is 6.20 Å². The minimum absolute atomic E-state index is 1.03. The molecule has 0 saturated heterocycles. The van der Waals surface area contributed by atoms with Gasteiger partial charge < -0.3 is 4.90 Å². The van der Waals surface area contributed by atoms with Crippen LogP contribution in [0.4, 0.5) is 0 Å². The van der Waals surface area contributed by atoms with Crippen LogP contribution in [0, 0.1) is 0 Å². The lowest BCUT2D eigenvalue weighted by Crippen LogP contribution is -2.14. The minimum atomic E-state index is 1.03. The lowest BCUT2D eigenvalue weighted by atomic mass is 10.5. The smallest absolute Gasteiger partial charge is 0.0202 e. The van der Waals surface area contributed by atoms with Crippen molar-refractivity contribution in [1.82, 2.24) is 4.90 Å². The van der Waals surface area contributed by atoms with Crippen molar-refractivity contribution in [2.24, 2.45) is 0 Å². The van der Waals surface area contributed by atoms with Crippen LogP contribution in [-0.2, 0) is 0 Å². The summed E-state index contributed by atoms with van der Waals surface area (Å²) in [5, 5.41) is 0. The van der Waals surface area contributed by atoms with Gasteiger partial charge in [0.1, 0.15) is 0 Å². The summed E-state index contributed by atoms with van der Waals surface area (Å²) in [6.45, 7) is 6.25. The first-order valence-corrected chi connectivity index (χ1v) is 3.29. The second-order valence-corrected chi connectivity index (χ2v) is 1.75. The molecule has 0 rings (SSSR count). The second-order valence-electron chi connectivity index (χ2n) is 1.50. The maximum Gasteiger partial charge on any atom is 0.0202 e. The van der Waals surface area contributed by atoms with E-state index in [1.165, 1.54) is 5.54 Å². The average molecular weight is 134 g/mol. The van der Waals surface area contributed by atoms with E-state index in [-0.39, 0.29) is 0 Å². The maximum atomic E-state index is 5.33. The molecule has 0 aromatic rings. The number of halogens is 1. The molecule has 0 amide bonds. The molecule has 0 unspecified atom stereocenters. The van der Waals surface area contributed by atoms with Gasteiger partial charge >= 0.3 is 0 Å². The van der Waals surface area contributed by atoms with Crippen LogP contribution in [0.1, 0.15) is 13.8 Å². The summed E-state index contributed by atoms with van der Waals surface area (Å²) in [5.41, 5.74) is 1.53. The molecule has 0 aliphatic heterocycles. The fourth-order valence-corrected chi connectivity index (χ4v) is 0.673. The molecule has 0 bridgehead atoms. The summed E-state index contributed by atoms with van der Waals surface area (Å²) in [6.07, 6.45) is 1.88. The van der Waals surface area contributed by atoms with E-state index < -0.39 is 0 Å². The van der Waals surface area contributed by atoms with E-state index in [1.54, 1.807) is 0 Å². The SMILES string of the molecule is CCN(C=CCl)CC. The van der Waals surface area contributed by atoms with E-state index >= 15 is 0 Å². The van der Waals surface area contributed by atoms with Gasteiger partial charge in [-0.3, -0.25) is 0 Å². The highest BCUT2D eigenvalue weighted by molar-refractivity contribution is 6.25. The highest BCUT2D eigenvalue weighted by Crippen LogP contribution is 1.88. The summed E-state index contributed by atoms with van der Waals surface area (Å²) in [7, 11) is 0. The Bertz CT molecular complexity index is 66.9. The van der Waals surface area contributed by atoms with Gasteiger partial charge in [-0.1, -0.05) is 11.6 Å². The molecule has 0 aliphatic rings. The second kappa shape index (κ2) is 4.98. The van der Waals surface area contributed by atoms with E-state index in [4.69, 9.17) is 11.6 Å². The van der Waals surface area contributed by atoms with Crippen LogP contribution in [0.25, 0.3) is 0 Å². The fourth-order valence-electron chi connectivity index (χ4n) is 0.514. The van der Waals surface area contributed by atoms with Gasteiger partial charge in [0.15, 0.2) is 0 Å². The van der Waals surface area contributed by atoms with Crippen molar-refractivity contribution in [2.45, 2.75) is 13.8 Å². The van der Waals surface area contributed by atoms with Crippen LogP contribution in [0.5, 0.6) is 0 Å². The first-order valence-electron chi connectivity index (χ1n) is 2.86. The van der Waals surface area contributed by atoms with Crippen LogP contribution in [-0.4, -0.2) is 18.0 Å². The Morgan fingerprint density at radius 2 is 1.88 bits per heavy atom. The zero-order chi connectivity index (χ0) is 6.41. The molecule has 1 nitrogen and oxygen atoms in total. The summed E-state index contributed by atoms with van der Waals surface area (Å²) in [5.74, 6) is 0. The molecule has 2 heteroatoms. The quantitative estimate of drug-likeness (QED) is 0.570. The molecule has 0 aliphatic carbocycles. The van der Waals surface area contributed by atoms with Gasteiger partial charge in [-0.2, -0.15) is 0 Å². The van der Waals surface area contributed by atoms with Gasteiger partial charge in [0.25, 0.3) is 0 Å². The number of hydrogen-bond acceptors (Lipinski definition) is 1. The van der Waals surface area contributed by atoms with Crippen molar-refractivity contribution < 1.29 is 0 Å². The molecule has 0 saturated carbocycles. The number of nitrogens with zero attached hydrogens (tertiary/aromatic N) is 1. The van der Waals surface area contributed by atoms with E-state index in [2.05, 4.69) is 18.7 Å². The van der Waals surface area contributed by atoms with Gasteiger partial charge in [0, 0.05) is 24.8 Å². The van der Waals surface area contributed by atoms with Gasteiger partial charge in [0.05, 0.1) is 0 Å². The van der Waals surface area contributed by atoms with Gasteiger partial charge in [-0.15, -0.1) is 0 Å². The van der Waals surface area contributed by atoms with E-state index in [9.17, 15) is 0 Å². The molecule has 48 valence electrons. The van der Waals surface area contributed by atoms with Gasteiger partial charge in [0.2, 0.25) is 0 Å². The molecule has 0 aromatic heterocycles. The van der Waals surface area contributed by atoms with E-state index in [0.29, 0.717) is 0 Å². The lowest BCUT2D eigenvalue weighted by molar-refractivity contribution is 0.419. The maximum absolute atomic E-state index is 5.33. The average Bonchev–Trinajstić information content (AvgIpc) is 1.83. The predicted octanol–water partition coefficient (Wildman–Crippen LogP) is 2.04. The standard InChI is InChI=1S/C6H12ClN/c1-3-8(4-2)6-5-7/h5-6H,3-4H2,1-2H3. The molecule has 0 spiro atoms. The summed E-state index contributed by atoms with van der Waals surface area (Å²) in [6, 6.07) is 0. The molecule has 0 heterocycles. The zero-order valence-electron chi connectivity index (χ0n) is 5.39. The first kappa shape index (κ1) is 7.83. The molecule has 0 atom stereocenters. The summed E-state index contributed by atoms with van der Waals surface area (Å²) < 4.78 is 0. The largest absolute Gasteiger partial charge is 0.377 e. The Kier molecular flexibility index (Phi) is 4.87. The fraction of sp³-hybridized carbons (Fsp3) is 0.667. The summed E-state index contributed by atoms with van der Waals surface area (Å²) >= 11 is 5.33. The molecule has 0 radical (unpaired) electrons. The minimum Gasteiger partial charge on any atom is -0.377 e. The lowest BCUT2D eigenvalue weighted by Gasteiger charge is -2.13. The zero-order valence-corrected chi connectivity index (χ0v) is 6.15. The number of rotatable bonds is 3. The van der Waals surface area contributed by atoms with Gasteiger partial charge in [-0.25, -0.2) is 0 Å². The Labute approximate surface area is 55.9 Å². The molecular weight excluding hydrogens is 122 g/mol. The first-order chi connectivity index (χ1) is 3.85. The third-order valence-corrected chi connectivity index (χ3v) is 1.19. The molecule has 0 aromatic carbocycles. The van der Waals surface area contributed by atoms with Crippen molar-refractivity contribution in [3.8, 4) is 0 Å². The van der Waals surface area contributed by atoms with Crippen LogP contribution < -0.4 is 0 Å². The Balaban J connectivity index is 3.36. The van der Waals surface area contributed by atoms with Gasteiger partial charge in [-0.05, 0) is 13.8 Å². The third kappa shape index (κ3) is 2.92. The Morgan fingerprint density at radius 3 is 2.00 bits per heavy atom. The Morgan fingerprint density at radius 1 is 1.38 bits per heavy atom. The normalized spacial score (nSPS) is 10.4. The Hall–Kier alpha value is -0.170. The van der Waals surface area contributed by atoms with Crippen molar-refractivity contribution in [3.63, 3.8) is 0 Å².